The summed E-state index contributed by atoms with van der Waals surface area (Å²) >= 11 is 0. The number of hydrogen-bond donors (Lipinski definition) is 0. The molecule has 0 unspecified atom stereocenters. The molecule has 0 radical (unpaired) electrons. The molecule has 8 heteroatoms. The van der Waals surface area contributed by atoms with Crippen molar-refractivity contribution in [1.82, 2.24) is 9.99 Å². The lowest BCUT2D eigenvalue weighted by Crippen LogP contribution is -2.25. The first kappa shape index (κ1) is 23.0. The predicted octanol–water partition coefficient (Wildman–Crippen LogP) is 5.07. The second-order valence-electron chi connectivity index (χ2n) is 8.18. The van der Waals surface area contributed by atoms with E-state index in [4.69, 9.17) is 19.2 Å². The fourth-order valence-electron chi connectivity index (χ4n) is 4.08. The third kappa shape index (κ3) is 4.36. The fourth-order valence-corrected chi connectivity index (χ4v) is 4.08. The molecule has 1 aliphatic rings. The summed E-state index contributed by atoms with van der Waals surface area (Å²) < 4.78 is 16.9. The van der Waals surface area contributed by atoms with E-state index in [1.54, 1.807) is 18.2 Å². The summed E-state index contributed by atoms with van der Waals surface area (Å²) in [5.74, 6) is 0.153. The smallest absolute Gasteiger partial charge is 0.308 e. The number of rotatable bonds is 5. The van der Waals surface area contributed by atoms with E-state index in [0.717, 1.165) is 27.7 Å². The lowest BCUT2D eigenvalue weighted by Gasteiger charge is -2.20. The van der Waals surface area contributed by atoms with Gasteiger partial charge in [0.2, 0.25) is 18.0 Å². The van der Waals surface area contributed by atoms with Gasteiger partial charge in [-0.15, -0.1) is 5.10 Å². The molecule has 0 fully saturated rings. The second kappa shape index (κ2) is 9.50. The first-order valence-electron chi connectivity index (χ1n) is 11.3. The molecule has 8 nitrogen and oxygen atoms in total. The molecular weight excluding hydrogens is 458 g/mol. The number of aromatic nitrogens is 1. The predicted molar refractivity (Wildman–Crippen MR) is 134 cm³/mol. The molecule has 4 aromatic rings. The van der Waals surface area contributed by atoms with Gasteiger partial charge in [0.05, 0.1) is 18.3 Å². The molecule has 1 atom stereocenters. The number of methoxy groups -OCH3 is 1. The molecule has 0 aliphatic carbocycles. The average molecular weight is 482 g/mol. The summed E-state index contributed by atoms with van der Waals surface area (Å²) in [6, 6.07) is 24.4. The van der Waals surface area contributed by atoms with E-state index in [0.29, 0.717) is 17.2 Å². The van der Waals surface area contributed by atoms with Crippen LogP contribution in [0, 0.1) is 0 Å². The number of hydrogen-bond acceptors (Lipinski definition) is 7. The van der Waals surface area contributed by atoms with Crippen LogP contribution in [-0.4, -0.2) is 34.9 Å². The Morgan fingerprint density at radius 1 is 0.917 bits per heavy atom. The number of hydrazone groups is 1. The highest BCUT2D eigenvalue weighted by molar-refractivity contribution is 6.08. The van der Waals surface area contributed by atoms with Crippen LogP contribution in [0.5, 0.6) is 11.5 Å². The molecule has 1 aliphatic heterocycles. The van der Waals surface area contributed by atoms with Gasteiger partial charge in [-0.1, -0.05) is 48.5 Å². The Hall–Kier alpha value is -4.72. The van der Waals surface area contributed by atoms with Gasteiger partial charge in [-0.3, -0.25) is 9.59 Å². The largest absolute Gasteiger partial charge is 0.493 e. The summed E-state index contributed by atoms with van der Waals surface area (Å²) in [6.45, 7) is 2.74. The summed E-state index contributed by atoms with van der Waals surface area (Å²) in [4.78, 5) is 28.8. The molecule has 1 aromatic heterocycles. The average Bonchev–Trinajstić information content (AvgIpc) is 3.34. The monoisotopic (exact) mass is 481 g/mol. The van der Waals surface area contributed by atoms with Gasteiger partial charge in [0, 0.05) is 35.9 Å². The minimum Gasteiger partial charge on any atom is -0.493 e. The van der Waals surface area contributed by atoms with Crippen molar-refractivity contribution in [1.29, 1.82) is 0 Å². The lowest BCUT2D eigenvalue weighted by molar-refractivity contribution is -0.135. The first-order valence-corrected chi connectivity index (χ1v) is 11.3. The van der Waals surface area contributed by atoms with Gasteiger partial charge in [-0.05, 0) is 30.3 Å². The van der Waals surface area contributed by atoms with Crippen molar-refractivity contribution in [2.45, 2.75) is 20.1 Å². The van der Waals surface area contributed by atoms with Gasteiger partial charge in [0.1, 0.15) is 0 Å². The van der Waals surface area contributed by atoms with Crippen molar-refractivity contribution in [2.75, 3.05) is 7.11 Å². The third-order valence-corrected chi connectivity index (χ3v) is 5.71. The van der Waals surface area contributed by atoms with Crippen LogP contribution in [0.1, 0.15) is 31.2 Å². The summed E-state index contributed by atoms with van der Waals surface area (Å²) in [5, 5.41) is 6.69. The Morgan fingerprint density at radius 2 is 1.67 bits per heavy atom. The van der Waals surface area contributed by atoms with E-state index in [9.17, 15) is 9.59 Å². The van der Waals surface area contributed by atoms with E-state index in [1.165, 1.54) is 26.0 Å². The molecule has 2 heterocycles. The number of para-hydroxylation sites is 1. The van der Waals surface area contributed by atoms with Crippen LogP contribution in [0.4, 0.5) is 0 Å². The third-order valence-electron chi connectivity index (χ3n) is 5.71. The van der Waals surface area contributed by atoms with Crippen molar-refractivity contribution >= 4 is 28.7 Å². The molecular formula is C28H23N3O5. The van der Waals surface area contributed by atoms with Gasteiger partial charge in [0.25, 0.3) is 0 Å². The highest BCUT2D eigenvalue weighted by Crippen LogP contribution is 2.37. The van der Waals surface area contributed by atoms with E-state index < -0.39 is 12.2 Å². The quantitative estimate of drug-likeness (QED) is 0.292. The zero-order chi connectivity index (χ0) is 25.2. The van der Waals surface area contributed by atoms with Crippen LogP contribution in [-0.2, 0) is 14.3 Å². The second-order valence-corrected chi connectivity index (χ2v) is 8.18. The molecule has 180 valence electrons. The van der Waals surface area contributed by atoms with Crippen molar-refractivity contribution in [3.05, 3.63) is 90.0 Å². The number of pyridine rings is 1. The number of nitrogens with zero attached hydrogens (tertiary/aromatic N) is 3. The Balaban J connectivity index is 1.58. The first-order chi connectivity index (χ1) is 17.4. The van der Waals surface area contributed by atoms with Crippen LogP contribution >= 0.6 is 0 Å². The maximum absolute atomic E-state index is 12.6. The number of ether oxygens (including phenoxy) is 3. The zero-order valence-electron chi connectivity index (χ0n) is 20.0. The van der Waals surface area contributed by atoms with Gasteiger partial charge >= 0.3 is 5.97 Å². The molecule has 0 spiro atoms. The normalized spacial score (nSPS) is 14.8. The molecule has 0 saturated heterocycles. The number of amides is 1. The SMILES string of the molecule is COc1cc([C@H]2OC(c3cc(-c4ccccc4)nc4ccccc34)=NN2C(C)=O)ccc1OC(C)=O. The van der Waals surface area contributed by atoms with Crippen molar-refractivity contribution in [3.8, 4) is 22.8 Å². The van der Waals surface area contributed by atoms with Gasteiger partial charge < -0.3 is 14.2 Å². The number of carbonyl (C=O) groups is 2. The van der Waals surface area contributed by atoms with Crippen LogP contribution < -0.4 is 9.47 Å². The lowest BCUT2D eigenvalue weighted by atomic mass is 10.0. The highest BCUT2D eigenvalue weighted by atomic mass is 16.6. The minimum atomic E-state index is -0.829. The molecule has 0 saturated carbocycles. The Labute approximate surface area is 207 Å². The maximum Gasteiger partial charge on any atom is 0.308 e. The van der Waals surface area contributed by atoms with Gasteiger partial charge in [0.15, 0.2) is 11.5 Å². The molecule has 1 amide bonds. The van der Waals surface area contributed by atoms with Crippen LogP contribution in [0.25, 0.3) is 22.2 Å². The topological polar surface area (TPSA) is 90.3 Å². The zero-order valence-corrected chi connectivity index (χ0v) is 20.0. The molecule has 36 heavy (non-hydrogen) atoms. The van der Waals surface area contributed by atoms with Gasteiger partial charge in [-0.2, -0.15) is 5.01 Å². The minimum absolute atomic E-state index is 0.273. The number of fused-ring (bicyclic) bond motifs is 1. The summed E-state index contributed by atoms with van der Waals surface area (Å²) in [5.41, 5.74) is 3.83. The number of benzene rings is 3. The molecule has 5 rings (SSSR count). The number of esters is 1. The molecule has 0 N–H and O–H groups in total. The Kier molecular flexibility index (Phi) is 6.08. The van der Waals surface area contributed by atoms with E-state index in [-0.39, 0.29) is 11.7 Å². The van der Waals surface area contributed by atoms with Crippen molar-refractivity contribution in [2.24, 2.45) is 5.10 Å². The number of carbonyl (C=O) groups excluding carboxylic acids is 2. The standard InChI is InChI=1S/C28H23N3O5/c1-17(32)31-28(20-13-14-25(35-18(2)33)26(15-20)34-3)36-27(30-31)22-16-24(19-9-5-4-6-10-19)29-23-12-8-7-11-21(22)23/h4-16,28H,1-3H3/t28-/m1/s1. The fraction of sp³-hybridized carbons (Fsp3) is 0.143. The van der Waals surface area contributed by atoms with Crippen LogP contribution in [0.3, 0.4) is 0 Å². The van der Waals surface area contributed by atoms with Crippen LogP contribution in [0.15, 0.2) is 84.0 Å². The molecule has 0 bridgehead atoms. The van der Waals surface area contributed by atoms with Gasteiger partial charge in [-0.25, -0.2) is 4.98 Å². The maximum atomic E-state index is 12.6. The van der Waals surface area contributed by atoms with Crippen molar-refractivity contribution < 1.29 is 23.8 Å². The highest BCUT2D eigenvalue weighted by Gasteiger charge is 2.34. The summed E-state index contributed by atoms with van der Waals surface area (Å²) in [6.07, 6.45) is -0.829. The van der Waals surface area contributed by atoms with Crippen LogP contribution in [0.2, 0.25) is 0 Å². The van der Waals surface area contributed by atoms with E-state index >= 15 is 0 Å². The van der Waals surface area contributed by atoms with Crippen molar-refractivity contribution in [3.63, 3.8) is 0 Å². The van der Waals surface area contributed by atoms with E-state index in [2.05, 4.69) is 5.10 Å². The molecule has 3 aromatic carbocycles. The Bertz CT molecular complexity index is 1500. The van der Waals surface area contributed by atoms with E-state index in [1.807, 2.05) is 60.7 Å². The Morgan fingerprint density at radius 3 is 2.39 bits per heavy atom. The summed E-state index contributed by atoms with van der Waals surface area (Å²) in [7, 11) is 1.47.